The molecule has 5 aromatic rings. The van der Waals surface area contributed by atoms with E-state index in [-0.39, 0.29) is 42.0 Å². The van der Waals surface area contributed by atoms with Gasteiger partial charge in [-0.25, -0.2) is 14.8 Å². The maximum absolute atomic E-state index is 13.9. The summed E-state index contributed by atoms with van der Waals surface area (Å²) in [6, 6.07) is 26.2. The number of aromatic nitrogens is 4. The third-order valence-electron chi connectivity index (χ3n) is 11.5. The number of ether oxygens (including phenoxy) is 1. The summed E-state index contributed by atoms with van der Waals surface area (Å²) < 4.78 is 5.16. The van der Waals surface area contributed by atoms with Gasteiger partial charge in [-0.1, -0.05) is 78.9 Å². The van der Waals surface area contributed by atoms with Crippen molar-refractivity contribution in [3.63, 3.8) is 0 Å². The number of benzene rings is 3. The summed E-state index contributed by atoms with van der Waals surface area (Å²) in [7, 11) is 3.91. The van der Waals surface area contributed by atoms with Crippen LogP contribution in [0.2, 0.25) is 0 Å². The lowest BCUT2D eigenvalue weighted by Gasteiger charge is -2.31. The van der Waals surface area contributed by atoms with Crippen LogP contribution in [-0.2, 0) is 14.3 Å². The van der Waals surface area contributed by atoms with Gasteiger partial charge in [0.05, 0.1) is 35.9 Å². The minimum absolute atomic E-state index is 0.0908. The van der Waals surface area contributed by atoms with Crippen molar-refractivity contribution < 1.29 is 19.1 Å². The molecule has 284 valence electrons. The number of nitrogens with one attached hydrogen (secondary N) is 2. The molecule has 5 atom stereocenters. The molecule has 55 heavy (non-hydrogen) atoms. The van der Waals surface area contributed by atoms with E-state index in [2.05, 4.69) is 58.5 Å². The van der Waals surface area contributed by atoms with E-state index in [1.807, 2.05) is 71.5 Å². The highest BCUT2D eigenvalue weighted by Crippen LogP contribution is 2.38. The minimum Gasteiger partial charge on any atom is -0.446 e. The summed E-state index contributed by atoms with van der Waals surface area (Å²) in [6.07, 6.45) is 8.09. The molecular weight excluding hydrogens is 693 g/mol. The van der Waals surface area contributed by atoms with E-state index < -0.39 is 6.09 Å². The van der Waals surface area contributed by atoms with Crippen LogP contribution in [0, 0.1) is 5.92 Å². The van der Waals surface area contributed by atoms with Crippen molar-refractivity contribution in [2.24, 2.45) is 11.7 Å². The van der Waals surface area contributed by atoms with E-state index in [1.54, 1.807) is 0 Å². The molecule has 3 fully saturated rings. The molecule has 3 aliphatic rings. The van der Waals surface area contributed by atoms with Crippen LogP contribution < -0.4 is 5.73 Å². The fourth-order valence-electron chi connectivity index (χ4n) is 8.74. The number of carbonyl (C=O) groups excluding carboxylic acids is 3. The van der Waals surface area contributed by atoms with Gasteiger partial charge in [0.15, 0.2) is 0 Å². The molecule has 0 unspecified atom stereocenters. The fraction of sp³-hybridized carbons (Fsp3) is 0.372. The SMILES string of the molecule is CN(C)[C@@H](C(=O)N1CCC[C@H]1c1ncc(-c2ccc(-c3ccc(-c4cnc([C@@H]5CCCN5C(=O)[C@@H]5CC[C@H](OC(N)=O)C5)[nH]4)cc3)cc2)[nH]1)c1ccccc1. The number of amides is 3. The average molecular weight is 741 g/mol. The van der Waals surface area contributed by atoms with Crippen molar-refractivity contribution in [1.29, 1.82) is 0 Å². The maximum Gasteiger partial charge on any atom is 0.404 e. The Balaban J connectivity index is 0.908. The van der Waals surface area contributed by atoms with Crippen LogP contribution in [0.3, 0.4) is 0 Å². The predicted molar refractivity (Wildman–Crippen MR) is 209 cm³/mol. The minimum atomic E-state index is -0.786. The van der Waals surface area contributed by atoms with E-state index in [1.165, 1.54) is 0 Å². The van der Waals surface area contributed by atoms with Crippen molar-refractivity contribution >= 4 is 17.9 Å². The average Bonchev–Trinajstić information content (AvgIpc) is 4.04. The highest BCUT2D eigenvalue weighted by atomic mass is 16.6. The Bertz CT molecular complexity index is 2130. The van der Waals surface area contributed by atoms with E-state index in [9.17, 15) is 14.4 Å². The van der Waals surface area contributed by atoms with Gasteiger partial charge in [0.2, 0.25) is 11.8 Å². The van der Waals surface area contributed by atoms with Crippen molar-refractivity contribution in [2.45, 2.75) is 69.2 Å². The topological polar surface area (TPSA) is 154 Å². The van der Waals surface area contributed by atoms with Gasteiger partial charge in [-0.05, 0) is 86.9 Å². The highest BCUT2D eigenvalue weighted by Gasteiger charge is 2.40. The highest BCUT2D eigenvalue weighted by molar-refractivity contribution is 5.84. The normalized spacial score (nSPS) is 21.7. The second-order valence-corrected chi connectivity index (χ2v) is 15.2. The van der Waals surface area contributed by atoms with Gasteiger partial charge < -0.3 is 30.2 Å². The second-order valence-electron chi connectivity index (χ2n) is 15.2. The molecule has 12 nitrogen and oxygen atoms in total. The van der Waals surface area contributed by atoms with Crippen molar-refractivity contribution in [3.05, 3.63) is 108 Å². The van der Waals surface area contributed by atoms with E-state index in [0.717, 1.165) is 76.5 Å². The van der Waals surface area contributed by atoms with Gasteiger partial charge in [0, 0.05) is 19.0 Å². The van der Waals surface area contributed by atoms with Crippen LogP contribution in [0.1, 0.15) is 80.3 Å². The molecule has 3 amide bonds. The number of hydrogen-bond donors (Lipinski definition) is 3. The molecule has 4 N–H and O–H groups in total. The molecule has 1 saturated carbocycles. The molecule has 3 aromatic carbocycles. The lowest BCUT2D eigenvalue weighted by Crippen LogP contribution is -2.40. The molecule has 8 rings (SSSR count). The van der Waals surface area contributed by atoms with Crippen LogP contribution in [0.25, 0.3) is 33.6 Å². The Morgan fingerprint density at radius 1 is 0.727 bits per heavy atom. The molecule has 2 aliphatic heterocycles. The van der Waals surface area contributed by atoms with Gasteiger partial charge in [-0.2, -0.15) is 0 Å². The lowest BCUT2D eigenvalue weighted by atomic mass is 10.0. The number of H-pyrrole nitrogens is 2. The molecule has 0 spiro atoms. The van der Waals surface area contributed by atoms with Crippen LogP contribution in [-0.4, -0.2) is 85.8 Å². The van der Waals surface area contributed by atoms with Gasteiger partial charge in [-0.3, -0.25) is 14.5 Å². The Labute approximate surface area is 321 Å². The Morgan fingerprint density at radius 3 is 1.80 bits per heavy atom. The Morgan fingerprint density at radius 2 is 1.25 bits per heavy atom. The van der Waals surface area contributed by atoms with Crippen LogP contribution >= 0.6 is 0 Å². The molecule has 0 radical (unpaired) electrons. The Hall–Kier alpha value is -5.75. The molecular formula is C43H48N8O4. The summed E-state index contributed by atoms with van der Waals surface area (Å²) in [5.41, 5.74) is 12.2. The molecule has 4 heterocycles. The monoisotopic (exact) mass is 740 g/mol. The molecule has 12 heteroatoms. The number of rotatable bonds is 10. The number of likely N-dealkylation sites (N-methyl/N-ethyl adjacent to an activating group) is 1. The summed E-state index contributed by atoms with van der Waals surface area (Å²) >= 11 is 0. The van der Waals surface area contributed by atoms with Crippen molar-refractivity contribution in [1.82, 2.24) is 34.6 Å². The number of primary amides is 1. The molecule has 2 aromatic heterocycles. The first kappa shape index (κ1) is 36.2. The summed E-state index contributed by atoms with van der Waals surface area (Å²) in [5, 5.41) is 0. The zero-order valence-corrected chi connectivity index (χ0v) is 31.4. The van der Waals surface area contributed by atoms with Gasteiger partial charge in [-0.15, -0.1) is 0 Å². The molecule has 1 aliphatic carbocycles. The van der Waals surface area contributed by atoms with Crippen LogP contribution in [0.5, 0.6) is 0 Å². The standard InChI is InChI=1S/C43H48N8O4/c1-49(2)38(31-8-4-3-5-9-31)42(53)51-23-7-11-37(51)40-46-26-35(48-40)30-18-14-28(15-19-30)27-12-16-29(17-13-27)34-25-45-39(47-34)36-10-6-22-50(36)41(52)32-20-21-33(24-32)55-43(44)54/h3-5,8-9,12-19,25-26,32-33,36-38H,6-7,10-11,20-24H2,1-2H3,(H2,44,54)(H,45,47)(H,46,48)/t32-,33+,36+,37+,38-/m1/s1. The maximum atomic E-state index is 13.9. The Kier molecular flexibility index (Phi) is 10.2. The number of imidazole rings is 2. The third kappa shape index (κ3) is 7.51. The summed E-state index contributed by atoms with van der Waals surface area (Å²) in [5.74, 6) is 1.65. The third-order valence-corrected chi connectivity index (χ3v) is 11.5. The van der Waals surface area contributed by atoms with Crippen molar-refractivity contribution in [3.8, 4) is 33.6 Å². The number of carbonyl (C=O) groups is 3. The number of nitrogens with zero attached hydrogens (tertiary/aromatic N) is 5. The van der Waals surface area contributed by atoms with Gasteiger partial charge in [0.1, 0.15) is 23.8 Å². The number of aromatic amines is 2. The van der Waals surface area contributed by atoms with E-state index in [0.29, 0.717) is 32.4 Å². The fourth-order valence-corrected chi connectivity index (χ4v) is 8.74. The zero-order chi connectivity index (χ0) is 38.1. The number of likely N-dealkylation sites (tertiary alicyclic amines) is 2. The number of nitrogens with two attached hydrogens (primary N) is 1. The lowest BCUT2D eigenvalue weighted by molar-refractivity contribution is -0.138. The first-order valence-corrected chi connectivity index (χ1v) is 19.3. The molecule has 2 saturated heterocycles. The second kappa shape index (κ2) is 15.5. The zero-order valence-electron chi connectivity index (χ0n) is 31.4. The number of hydrogen-bond acceptors (Lipinski definition) is 7. The van der Waals surface area contributed by atoms with E-state index >= 15 is 0 Å². The quantitative estimate of drug-likeness (QED) is 0.139. The van der Waals surface area contributed by atoms with Crippen molar-refractivity contribution in [2.75, 3.05) is 27.2 Å². The molecule has 0 bridgehead atoms. The van der Waals surface area contributed by atoms with Crippen LogP contribution in [0.15, 0.2) is 91.3 Å². The summed E-state index contributed by atoms with van der Waals surface area (Å²) in [4.78, 5) is 61.0. The van der Waals surface area contributed by atoms with Gasteiger partial charge in [0.25, 0.3) is 0 Å². The summed E-state index contributed by atoms with van der Waals surface area (Å²) in [6.45, 7) is 1.41. The van der Waals surface area contributed by atoms with Gasteiger partial charge >= 0.3 is 6.09 Å². The van der Waals surface area contributed by atoms with Crippen LogP contribution in [0.4, 0.5) is 4.79 Å². The predicted octanol–water partition coefficient (Wildman–Crippen LogP) is 7.03. The largest absolute Gasteiger partial charge is 0.446 e. The first-order valence-electron chi connectivity index (χ1n) is 19.3. The first-order chi connectivity index (χ1) is 26.7. The van der Waals surface area contributed by atoms with E-state index in [4.69, 9.17) is 20.4 Å². The smallest absolute Gasteiger partial charge is 0.404 e.